The van der Waals surface area contributed by atoms with Crippen molar-refractivity contribution < 1.29 is 13.9 Å². The van der Waals surface area contributed by atoms with Crippen molar-refractivity contribution in [2.45, 2.75) is 13.8 Å². The molecule has 0 spiro atoms. The molecule has 0 atom stereocenters. The SMILES string of the molecule is Cc1nnc(-c2ccc(NC(=O)COc3ccccc3C)cc2)o1. The molecule has 0 aliphatic rings. The van der Waals surface area contributed by atoms with Gasteiger partial charge in [-0.05, 0) is 42.8 Å². The molecule has 0 aliphatic heterocycles. The number of aromatic nitrogens is 2. The van der Waals surface area contributed by atoms with Crippen LogP contribution in [0, 0.1) is 13.8 Å². The molecule has 24 heavy (non-hydrogen) atoms. The monoisotopic (exact) mass is 323 g/mol. The largest absolute Gasteiger partial charge is 0.483 e. The Kier molecular flexibility index (Phi) is 4.56. The summed E-state index contributed by atoms with van der Waals surface area (Å²) in [5, 5.41) is 10.5. The quantitative estimate of drug-likeness (QED) is 0.779. The molecular weight excluding hydrogens is 306 g/mol. The third kappa shape index (κ3) is 3.78. The molecule has 6 nitrogen and oxygen atoms in total. The summed E-state index contributed by atoms with van der Waals surface area (Å²) in [6.07, 6.45) is 0. The van der Waals surface area contributed by atoms with Gasteiger partial charge >= 0.3 is 0 Å². The van der Waals surface area contributed by atoms with Crippen LogP contribution in [0.15, 0.2) is 52.9 Å². The topological polar surface area (TPSA) is 77.2 Å². The maximum Gasteiger partial charge on any atom is 0.262 e. The number of hydrogen-bond acceptors (Lipinski definition) is 5. The fraction of sp³-hybridized carbons (Fsp3) is 0.167. The molecule has 0 saturated carbocycles. The summed E-state index contributed by atoms with van der Waals surface area (Å²) in [6, 6.07) is 14.7. The van der Waals surface area contributed by atoms with E-state index in [1.807, 2.05) is 43.3 Å². The lowest BCUT2D eigenvalue weighted by Gasteiger charge is -2.09. The summed E-state index contributed by atoms with van der Waals surface area (Å²) in [7, 11) is 0. The molecule has 0 bridgehead atoms. The number of nitrogens with one attached hydrogen (secondary N) is 1. The molecule has 3 aromatic rings. The average Bonchev–Trinajstić information content (AvgIpc) is 3.01. The van der Waals surface area contributed by atoms with Crippen LogP contribution in [0.25, 0.3) is 11.5 Å². The Bertz CT molecular complexity index is 841. The zero-order chi connectivity index (χ0) is 16.9. The Morgan fingerprint density at radius 1 is 1.08 bits per heavy atom. The van der Waals surface area contributed by atoms with Crippen molar-refractivity contribution in [3.8, 4) is 17.2 Å². The average molecular weight is 323 g/mol. The first-order valence-corrected chi connectivity index (χ1v) is 7.50. The van der Waals surface area contributed by atoms with Crippen molar-refractivity contribution in [2.24, 2.45) is 0 Å². The predicted octanol–water partition coefficient (Wildman–Crippen LogP) is 3.37. The Morgan fingerprint density at radius 3 is 2.50 bits per heavy atom. The van der Waals surface area contributed by atoms with E-state index in [0.717, 1.165) is 11.1 Å². The van der Waals surface area contributed by atoms with E-state index in [0.29, 0.717) is 23.2 Å². The van der Waals surface area contributed by atoms with Gasteiger partial charge in [0.05, 0.1) is 0 Å². The molecule has 2 aromatic carbocycles. The first kappa shape index (κ1) is 15.7. The number of rotatable bonds is 5. The smallest absolute Gasteiger partial charge is 0.262 e. The number of aryl methyl sites for hydroxylation is 2. The highest BCUT2D eigenvalue weighted by atomic mass is 16.5. The molecule has 6 heteroatoms. The summed E-state index contributed by atoms with van der Waals surface area (Å²) in [5.41, 5.74) is 2.46. The van der Waals surface area contributed by atoms with Crippen LogP contribution >= 0.6 is 0 Å². The van der Waals surface area contributed by atoms with E-state index < -0.39 is 0 Å². The molecule has 1 heterocycles. The van der Waals surface area contributed by atoms with E-state index >= 15 is 0 Å². The second-order valence-corrected chi connectivity index (χ2v) is 5.31. The van der Waals surface area contributed by atoms with Gasteiger partial charge in [0.2, 0.25) is 11.8 Å². The first-order chi connectivity index (χ1) is 11.6. The fourth-order valence-corrected chi connectivity index (χ4v) is 2.17. The number of para-hydroxylation sites is 1. The molecule has 0 radical (unpaired) electrons. The van der Waals surface area contributed by atoms with Crippen LogP contribution in [-0.4, -0.2) is 22.7 Å². The summed E-state index contributed by atoms with van der Waals surface area (Å²) in [4.78, 5) is 12.0. The van der Waals surface area contributed by atoms with E-state index in [-0.39, 0.29) is 12.5 Å². The van der Waals surface area contributed by atoms with Crippen LogP contribution in [0.5, 0.6) is 5.75 Å². The molecule has 1 amide bonds. The number of benzene rings is 2. The lowest BCUT2D eigenvalue weighted by molar-refractivity contribution is -0.118. The third-order valence-corrected chi connectivity index (χ3v) is 3.39. The van der Waals surface area contributed by atoms with Crippen LogP contribution in [0.3, 0.4) is 0 Å². The van der Waals surface area contributed by atoms with E-state index in [2.05, 4.69) is 15.5 Å². The van der Waals surface area contributed by atoms with Gasteiger partial charge in [0.1, 0.15) is 5.75 Å². The van der Waals surface area contributed by atoms with Crippen molar-refractivity contribution >= 4 is 11.6 Å². The van der Waals surface area contributed by atoms with Crippen molar-refractivity contribution in [1.82, 2.24) is 10.2 Å². The first-order valence-electron chi connectivity index (χ1n) is 7.50. The second kappa shape index (κ2) is 6.95. The van der Waals surface area contributed by atoms with Gasteiger partial charge < -0.3 is 14.5 Å². The number of amides is 1. The van der Waals surface area contributed by atoms with Crippen LogP contribution < -0.4 is 10.1 Å². The van der Waals surface area contributed by atoms with Gasteiger partial charge in [0.25, 0.3) is 5.91 Å². The van der Waals surface area contributed by atoms with Gasteiger partial charge in [-0.2, -0.15) is 0 Å². The molecule has 0 unspecified atom stereocenters. The van der Waals surface area contributed by atoms with E-state index in [9.17, 15) is 4.79 Å². The predicted molar refractivity (Wildman–Crippen MR) is 89.8 cm³/mol. The van der Waals surface area contributed by atoms with Gasteiger partial charge in [-0.15, -0.1) is 10.2 Å². The number of anilines is 1. The van der Waals surface area contributed by atoms with E-state index in [1.54, 1.807) is 19.1 Å². The molecule has 1 N–H and O–H groups in total. The molecule has 122 valence electrons. The Morgan fingerprint density at radius 2 is 1.83 bits per heavy atom. The Balaban J connectivity index is 1.57. The summed E-state index contributed by atoms with van der Waals surface area (Å²) in [5.74, 6) is 1.44. The van der Waals surface area contributed by atoms with E-state index in [1.165, 1.54) is 0 Å². The van der Waals surface area contributed by atoms with Gasteiger partial charge in [0, 0.05) is 18.2 Å². The lowest BCUT2D eigenvalue weighted by atomic mass is 10.2. The van der Waals surface area contributed by atoms with E-state index in [4.69, 9.17) is 9.15 Å². The highest BCUT2D eigenvalue weighted by Crippen LogP contribution is 2.20. The van der Waals surface area contributed by atoms with Crippen molar-refractivity contribution in [3.05, 3.63) is 60.0 Å². The summed E-state index contributed by atoms with van der Waals surface area (Å²) in [6.45, 7) is 3.63. The molecule has 0 aliphatic carbocycles. The number of ether oxygens (including phenoxy) is 1. The summed E-state index contributed by atoms with van der Waals surface area (Å²) >= 11 is 0. The number of nitrogens with zero attached hydrogens (tertiary/aromatic N) is 2. The van der Waals surface area contributed by atoms with Gasteiger partial charge in [-0.1, -0.05) is 18.2 Å². The molecule has 1 aromatic heterocycles. The fourth-order valence-electron chi connectivity index (χ4n) is 2.17. The number of hydrogen-bond donors (Lipinski definition) is 1. The van der Waals surface area contributed by atoms with Crippen molar-refractivity contribution in [1.29, 1.82) is 0 Å². The maximum atomic E-state index is 12.0. The standard InChI is InChI=1S/C18H17N3O3/c1-12-5-3-4-6-16(12)23-11-17(22)19-15-9-7-14(8-10-15)18-21-20-13(2)24-18/h3-10H,11H2,1-2H3,(H,19,22). The highest BCUT2D eigenvalue weighted by Gasteiger charge is 2.08. The maximum absolute atomic E-state index is 12.0. The van der Waals surface area contributed by atoms with Crippen LogP contribution in [-0.2, 0) is 4.79 Å². The Labute approximate surface area is 139 Å². The van der Waals surface area contributed by atoms with Crippen LogP contribution in [0.1, 0.15) is 11.5 Å². The highest BCUT2D eigenvalue weighted by molar-refractivity contribution is 5.92. The van der Waals surface area contributed by atoms with Crippen molar-refractivity contribution in [3.63, 3.8) is 0 Å². The minimum absolute atomic E-state index is 0.0462. The minimum Gasteiger partial charge on any atom is -0.483 e. The van der Waals surface area contributed by atoms with Gasteiger partial charge in [-0.3, -0.25) is 4.79 Å². The molecular formula is C18H17N3O3. The normalized spacial score (nSPS) is 10.4. The number of carbonyl (C=O) groups excluding carboxylic acids is 1. The summed E-state index contributed by atoms with van der Waals surface area (Å²) < 4.78 is 10.9. The zero-order valence-corrected chi connectivity index (χ0v) is 13.4. The second-order valence-electron chi connectivity index (χ2n) is 5.31. The van der Waals surface area contributed by atoms with Crippen molar-refractivity contribution in [2.75, 3.05) is 11.9 Å². The van der Waals surface area contributed by atoms with Crippen LogP contribution in [0.4, 0.5) is 5.69 Å². The molecule has 0 fully saturated rings. The lowest BCUT2D eigenvalue weighted by Crippen LogP contribution is -2.20. The third-order valence-electron chi connectivity index (χ3n) is 3.39. The molecule has 3 rings (SSSR count). The van der Waals surface area contributed by atoms with Gasteiger partial charge in [-0.25, -0.2) is 0 Å². The number of carbonyl (C=O) groups is 1. The van der Waals surface area contributed by atoms with Crippen LogP contribution in [0.2, 0.25) is 0 Å². The molecule has 0 saturated heterocycles. The zero-order valence-electron chi connectivity index (χ0n) is 13.4. The van der Waals surface area contributed by atoms with Gasteiger partial charge in [0.15, 0.2) is 6.61 Å². The minimum atomic E-state index is -0.223. The Hall–Kier alpha value is -3.15.